The highest BCUT2D eigenvalue weighted by molar-refractivity contribution is 4.78. The van der Waals surface area contributed by atoms with Crippen molar-refractivity contribution < 1.29 is 5.11 Å². The molecule has 0 bridgehead atoms. The fourth-order valence-corrected chi connectivity index (χ4v) is 2.31. The number of likely N-dealkylation sites (tertiary alicyclic amines) is 1. The molecule has 2 atom stereocenters. The number of β-amino-alcohol motifs (C(OH)–C–C–N with tert-alkyl or cyclic N) is 1. The Bertz CT molecular complexity index is 150. The zero-order chi connectivity index (χ0) is 10.7. The van der Waals surface area contributed by atoms with Crippen molar-refractivity contribution >= 4 is 0 Å². The molecule has 0 saturated carbocycles. The molecule has 2 heteroatoms. The Morgan fingerprint density at radius 2 is 1.86 bits per heavy atom. The number of hydrogen-bond donors (Lipinski definition) is 1. The van der Waals surface area contributed by atoms with Crippen LogP contribution in [0.2, 0.25) is 0 Å². The average molecular weight is 199 g/mol. The fraction of sp³-hybridized carbons (Fsp3) is 1.00. The van der Waals surface area contributed by atoms with Crippen LogP contribution in [-0.4, -0.2) is 35.2 Å². The van der Waals surface area contributed by atoms with Crippen LogP contribution in [0.25, 0.3) is 0 Å². The van der Waals surface area contributed by atoms with Gasteiger partial charge in [0.05, 0.1) is 6.10 Å². The normalized spacial score (nSPS) is 31.1. The summed E-state index contributed by atoms with van der Waals surface area (Å²) in [7, 11) is 0. The summed E-state index contributed by atoms with van der Waals surface area (Å²) < 4.78 is 0. The van der Waals surface area contributed by atoms with Crippen LogP contribution in [0.15, 0.2) is 0 Å². The molecule has 0 aromatic rings. The molecule has 84 valence electrons. The molecule has 0 amide bonds. The number of hydrogen-bond acceptors (Lipinski definition) is 2. The van der Waals surface area contributed by atoms with Gasteiger partial charge in [-0.15, -0.1) is 0 Å². The molecule has 0 aliphatic carbocycles. The first-order chi connectivity index (χ1) is 6.50. The van der Waals surface area contributed by atoms with Crippen LogP contribution in [-0.2, 0) is 0 Å². The second-order valence-electron chi connectivity index (χ2n) is 5.27. The summed E-state index contributed by atoms with van der Waals surface area (Å²) in [6.45, 7) is 11.0. The summed E-state index contributed by atoms with van der Waals surface area (Å²) in [5, 5.41) is 9.89. The van der Waals surface area contributed by atoms with E-state index < -0.39 is 0 Å². The third-order valence-electron chi connectivity index (χ3n) is 3.48. The summed E-state index contributed by atoms with van der Waals surface area (Å²) in [5.41, 5.74) is 0. The van der Waals surface area contributed by atoms with Gasteiger partial charge in [-0.05, 0) is 45.1 Å². The van der Waals surface area contributed by atoms with Gasteiger partial charge in [0.1, 0.15) is 0 Å². The Kier molecular flexibility index (Phi) is 4.39. The summed E-state index contributed by atoms with van der Waals surface area (Å²) in [4.78, 5) is 2.40. The minimum atomic E-state index is -0.118. The number of aliphatic hydroxyl groups is 1. The quantitative estimate of drug-likeness (QED) is 0.736. The van der Waals surface area contributed by atoms with Crippen molar-refractivity contribution in [1.82, 2.24) is 4.90 Å². The van der Waals surface area contributed by atoms with Crippen LogP contribution in [0.1, 0.15) is 40.5 Å². The molecule has 1 fully saturated rings. The second kappa shape index (κ2) is 5.13. The minimum Gasteiger partial charge on any atom is -0.392 e. The molecule has 1 aliphatic heterocycles. The molecule has 1 heterocycles. The fourth-order valence-electron chi connectivity index (χ4n) is 2.31. The molecular formula is C12H25NO. The first kappa shape index (κ1) is 12.0. The molecule has 0 aromatic carbocycles. The highest BCUT2D eigenvalue weighted by Crippen LogP contribution is 2.25. The van der Waals surface area contributed by atoms with Crippen molar-refractivity contribution in [3.8, 4) is 0 Å². The van der Waals surface area contributed by atoms with Crippen molar-refractivity contribution in [2.75, 3.05) is 13.1 Å². The van der Waals surface area contributed by atoms with E-state index in [-0.39, 0.29) is 6.10 Å². The van der Waals surface area contributed by atoms with Gasteiger partial charge < -0.3 is 5.11 Å². The van der Waals surface area contributed by atoms with E-state index in [1.807, 2.05) is 0 Å². The van der Waals surface area contributed by atoms with Gasteiger partial charge in [0, 0.05) is 12.6 Å². The highest BCUT2D eigenvalue weighted by Gasteiger charge is 2.25. The lowest BCUT2D eigenvalue weighted by Crippen LogP contribution is -2.36. The summed E-state index contributed by atoms with van der Waals surface area (Å²) in [6.07, 6.45) is 2.11. The number of aliphatic hydroxyl groups excluding tert-OH is 1. The molecule has 14 heavy (non-hydrogen) atoms. The van der Waals surface area contributed by atoms with E-state index in [2.05, 4.69) is 32.6 Å². The average Bonchev–Trinajstić information content (AvgIpc) is 2.26. The Hall–Kier alpha value is -0.0800. The van der Waals surface area contributed by atoms with Gasteiger partial charge in [-0.25, -0.2) is 0 Å². The maximum atomic E-state index is 9.89. The lowest BCUT2D eigenvalue weighted by atomic mass is 9.88. The van der Waals surface area contributed by atoms with Crippen LogP contribution < -0.4 is 0 Å². The largest absolute Gasteiger partial charge is 0.392 e. The monoisotopic (exact) mass is 199 g/mol. The first-order valence-electron chi connectivity index (χ1n) is 5.92. The van der Waals surface area contributed by atoms with Crippen LogP contribution in [0.3, 0.4) is 0 Å². The smallest absolute Gasteiger partial charge is 0.0670 e. The SMILES string of the molecule is CC(C)C1CCN(C(C)C)CC(O)C1. The van der Waals surface area contributed by atoms with Gasteiger partial charge in [0.15, 0.2) is 0 Å². The molecule has 1 aliphatic rings. The Morgan fingerprint density at radius 1 is 1.21 bits per heavy atom. The Morgan fingerprint density at radius 3 is 2.36 bits per heavy atom. The molecule has 1 rings (SSSR count). The van der Waals surface area contributed by atoms with Gasteiger partial charge in [0.2, 0.25) is 0 Å². The molecule has 2 nitrogen and oxygen atoms in total. The maximum Gasteiger partial charge on any atom is 0.0670 e. The second-order valence-corrected chi connectivity index (χ2v) is 5.27. The summed E-state index contributed by atoms with van der Waals surface area (Å²) in [5.74, 6) is 1.41. The van der Waals surface area contributed by atoms with E-state index >= 15 is 0 Å². The van der Waals surface area contributed by atoms with Gasteiger partial charge in [-0.3, -0.25) is 4.90 Å². The first-order valence-corrected chi connectivity index (χ1v) is 5.92. The minimum absolute atomic E-state index is 0.118. The van der Waals surface area contributed by atoms with E-state index in [0.29, 0.717) is 17.9 Å². The van der Waals surface area contributed by atoms with Crippen molar-refractivity contribution in [3.63, 3.8) is 0 Å². The van der Waals surface area contributed by atoms with E-state index in [4.69, 9.17) is 0 Å². The zero-order valence-electron chi connectivity index (χ0n) is 10.0. The van der Waals surface area contributed by atoms with E-state index in [1.165, 1.54) is 6.42 Å². The van der Waals surface area contributed by atoms with Crippen LogP contribution in [0.4, 0.5) is 0 Å². The Balaban J connectivity index is 2.53. The highest BCUT2D eigenvalue weighted by atomic mass is 16.3. The molecule has 0 radical (unpaired) electrons. The van der Waals surface area contributed by atoms with Crippen LogP contribution in [0.5, 0.6) is 0 Å². The van der Waals surface area contributed by atoms with Crippen molar-refractivity contribution in [3.05, 3.63) is 0 Å². The summed E-state index contributed by atoms with van der Waals surface area (Å²) in [6, 6.07) is 0.565. The van der Waals surface area contributed by atoms with E-state index in [1.54, 1.807) is 0 Å². The molecule has 0 spiro atoms. The molecule has 1 N–H and O–H groups in total. The van der Waals surface area contributed by atoms with Gasteiger partial charge in [-0.2, -0.15) is 0 Å². The van der Waals surface area contributed by atoms with Gasteiger partial charge in [0.25, 0.3) is 0 Å². The lowest BCUT2D eigenvalue weighted by molar-refractivity contribution is 0.0983. The predicted molar refractivity (Wildman–Crippen MR) is 60.3 cm³/mol. The zero-order valence-corrected chi connectivity index (χ0v) is 10.0. The topological polar surface area (TPSA) is 23.5 Å². The van der Waals surface area contributed by atoms with Crippen molar-refractivity contribution in [2.45, 2.75) is 52.7 Å². The predicted octanol–water partition coefficient (Wildman–Crippen LogP) is 2.12. The standard InChI is InChI=1S/C12H25NO/c1-9(2)11-5-6-13(10(3)4)8-12(14)7-11/h9-12,14H,5-8H2,1-4H3. The summed E-state index contributed by atoms with van der Waals surface area (Å²) >= 11 is 0. The third kappa shape index (κ3) is 3.25. The molecule has 1 saturated heterocycles. The van der Waals surface area contributed by atoms with E-state index in [0.717, 1.165) is 19.5 Å². The van der Waals surface area contributed by atoms with Gasteiger partial charge >= 0.3 is 0 Å². The Labute approximate surface area is 88.3 Å². The van der Waals surface area contributed by atoms with Crippen LogP contribution in [0, 0.1) is 11.8 Å². The van der Waals surface area contributed by atoms with Crippen molar-refractivity contribution in [1.29, 1.82) is 0 Å². The number of rotatable bonds is 2. The van der Waals surface area contributed by atoms with Gasteiger partial charge in [-0.1, -0.05) is 13.8 Å². The lowest BCUT2D eigenvalue weighted by Gasteiger charge is -2.25. The molecule has 2 unspecified atom stereocenters. The maximum absolute atomic E-state index is 9.89. The third-order valence-corrected chi connectivity index (χ3v) is 3.48. The van der Waals surface area contributed by atoms with Crippen molar-refractivity contribution in [2.24, 2.45) is 11.8 Å². The molecule has 0 aromatic heterocycles. The molecular weight excluding hydrogens is 174 g/mol. The number of nitrogens with zero attached hydrogens (tertiary/aromatic N) is 1. The van der Waals surface area contributed by atoms with E-state index in [9.17, 15) is 5.11 Å². The van der Waals surface area contributed by atoms with Crippen LogP contribution >= 0.6 is 0 Å².